The van der Waals surface area contributed by atoms with Gasteiger partial charge in [-0.2, -0.15) is 5.26 Å². The molecule has 0 aliphatic heterocycles. The number of nitriles is 1. The second-order valence-corrected chi connectivity index (χ2v) is 4.12. The molecule has 3 N–H and O–H groups in total. The number of para-hydroxylation sites is 1. The number of aromatic nitrogens is 1. The molecule has 1 aromatic carbocycles. The van der Waals surface area contributed by atoms with Crippen LogP contribution in [0.25, 0.3) is 0 Å². The lowest BCUT2D eigenvalue weighted by Gasteiger charge is -2.12. The number of nitrogens with two attached hydrogens (primary N) is 1. The Bertz CT molecular complexity index is 675. The third-order valence-electron chi connectivity index (χ3n) is 2.67. The topological polar surface area (TPSA) is 92.2 Å². The van der Waals surface area contributed by atoms with Crippen LogP contribution in [0.2, 0.25) is 0 Å². The molecule has 5 nitrogen and oxygen atoms in total. The molecule has 2 aromatic rings. The predicted octanol–water partition coefficient (Wildman–Crippen LogP) is 2.65. The van der Waals surface area contributed by atoms with Crippen LogP contribution < -0.4 is 10.5 Å². The number of pyridine rings is 1. The van der Waals surface area contributed by atoms with E-state index in [9.17, 15) is 5.11 Å². The van der Waals surface area contributed by atoms with Crippen molar-refractivity contribution in [2.45, 2.75) is 13.8 Å². The number of ether oxygens (including phenoxy) is 1. The third kappa shape index (κ3) is 2.43. The molecule has 0 fully saturated rings. The number of aromatic hydroxyl groups is 1. The molecular weight excluding hydrogens is 242 g/mol. The average molecular weight is 255 g/mol. The van der Waals surface area contributed by atoms with E-state index in [-0.39, 0.29) is 11.4 Å². The Labute approximate surface area is 110 Å². The quantitative estimate of drug-likeness (QED) is 0.635. The van der Waals surface area contributed by atoms with E-state index in [4.69, 9.17) is 15.7 Å². The first-order valence-corrected chi connectivity index (χ1v) is 5.66. The molecule has 5 heteroatoms. The summed E-state index contributed by atoms with van der Waals surface area (Å²) in [4.78, 5) is 4.20. The van der Waals surface area contributed by atoms with Gasteiger partial charge < -0.3 is 15.6 Å². The van der Waals surface area contributed by atoms with Crippen LogP contribution in [0, 0.1) is 25.2 Å². The maximum atomic E-state index is 9.53. The lowest BCUT2D eigenvalue weighted by Crippen LogP contribution is -1.98. The van der Waals surface area contributed by atoms with Gasteiger partial charge in [-0.25, -0.2) is 0 Å². The van der Waals surface area contributed by atoms with Crippen LogP contribution in [0.1, 0.15) is 17.0 Å². The van der Waals surface area contributed by atoms with Crippen molar-refractivity contribution in [3.8, 4) is 23.3 Å². The van der Waals surface area contributed by atoms with Crippen LogP contribution in [-0.4, -0.2) is 10.1 Å². The molecule has 0 amide bonds. The Balaban J connectivity index is 2.50. The summed E-state index contributed by atoms with van der Waals surface area (Å²) in [6.07, 6.45) is 0. The fraction of sp³-hybridized carbons (Fsp3) is 0.143. The SMILES string of the molecule is Cc1cc(Oc2cccc(O)c2N)c(C#N)c(C)n1. The van der Waals surface area contributed by atoms with Crippen molar-refractivity contribution in [3.05, 3.63) is 41.2 Å². The molecule has 0 saturated heterocycles. The molecule has 0 radical (unpaired) electrons. The van der Waals surface area contributed by atoms with Gasteiger partial charge >= 0.3 is 0 Å². The minimum Gasteiger partial charge on any atom is -0.506 e. The van der Waals surface area contributed by atoms with Crippen molar-refractivity contribution in [2.24, 2.45) is 0 Å². The predicted molar refractivity (Wildman–Crippen MR) is 71.0 cm³/mol. The smallest absolute Gasteiger partial charge is 0.154 e. The number of rotatable bonds is 2. The molecule has 1 heterocycles. The highest BCUT2D eigenvalue weighted by molar-refractivity contribution is 5.63. The summed E-state index contributed by atoms with van der Waals surface area (Å²) in [7, 11) is 0. The average Bonchev–Trinajstić information content (AvgIpc) is 2.34. The van der Waals surface area contributed by atoms with Crippen molar-refractivity contribution in [1.29, 1.82) is 5.26 Å². The summed E-state index contributed by atoms with van der Waals surface area (Å²) >= 11 is 0. The van der Waals surface area contributed by atoms with Gasteiger partial charge in [0.25, 0.3) is 0 Å². The Morgan fingerprint density at radius 1 is 1.32 bits per heavy atom. The van der Waals surface area contributed by atoms with Crippen LogP contribution in [0.4, 0.5) is 5.69 Å². The van der Waals surface area contributed by atoms with Gasteiger partial charge in [-0.15, -0.1) is 0 Å². The van der Waals surface area contributed by atoms with E-state index in [2.05, 4.69) is 11.1 Å². The summed E-state index contributed by atoms with van der Waals surface area (Å²) < 4.78 is 5.63. The van der Waals surface area contributed by atoms with Crippen molar-refractivity contribution >= 4 is 5.69 Å². The van der Waals surface area contributed by atoms with Gasteiger partial charge in [0.2, 0.25) is 0 Å². The number of hydrogen-bond donors (Lipinski definition) is 2. The van der Waals surface area contributed by atoms with Crippen LogP contribution in [-0.2, 0) is 0 Å². The van der Waals surface area contributed by atoms with Crippen LogP contribution in [0.5, 0.6) is 17.2 Å². The Kier molecular flexibility index (Phi) is 3.25. The van der Waals surface area contributed by atoms with E-state index in [1.807, 2.05) is 6.92 Å². The number of hydrogen-bond acceptors (Lipinski definition) is 5. The molecular formula is C14H13N3O2. The normalized spacial score (nSPS) is 9.95. The molecule has 0 saturated carbocycles. The maximum absolute atomic E-state index is 9.53. The molecule has 1 aromatic heterocycles. The van der Waals surface area contributed by atoms with Gasteiger partial charge in [-0.3, -0.25) is 4.98 Å². The molecule has 0 aliphatic rings. The lowest BCUT2D eigenvalue weighted by molar-refractivity contribution is 0.458. The maximum Gasteiger partial charge on any atom is 0.154 e. The summed E-state index contributed by atoms with van der Waals surface area (Å²) in [6.45, 7) is 3.55. The number of phenolic OH excluding ortho intramolecular Hbond substituents is 1. The van der Waals surface area contributed by atoms with Crippen LogP contribution in [0.3, 0.4) is 0 Å². The second-order valence-electron chi connectivity index (χ2n) is 4.12. The van der Waals surface area contributed by atoms with E-state index in [0.717, 1.165) is 5.69 Å². The van der Waals surface area contributed by atoms with Gasteiger partial charge in [0.05, 0.1) is 5.69 Å². The van der Waals surface area contributed by atoms with Crippen molar-refractivity contribution < 1.29 is 9.84 Å². The van der Waals surface area contributed by atoms with E-state index in [1.165, 1.54) is 6.07 Å². The van der Waals surface area contributed by atoms with Gasteiger partial charge in [0, 0.05) is 11.8 Å². The lowest BCUT2D eigenvalue weighted by atomic mass is 10.2. The molecule has 0 spiro atoms. The molecule has 0 bridgehead atoms. The standard InChI is InChI=1S/C14H13N3O2/c1-8-6-13(10(7-15)9(2)17-8)19-12-5-3-4-11(18)14(12)16/h3-6,18H,16H2,1-2H3. The van der Waals surface area contributed by atoms with Crippen LogP contribution in [0.15, 0.2) is 24.3 Å². The molecule has 19 heavy (non-hydrogen) atoms. The molecule has 0 unspecified atom stereocenters. The summed E-state index contributed by atoms with van der Waals surface area (Å²) in [5.41, 5.74) is 7.55. The van der Waals surface area contributed by atoms with E-state index in [0.29, 0.717) is 22.8 Å². The van der Waals surface area contributed by atoms with Crippen LogP contribution >= 0.6 is 0 Å². The van der Waals surface area contributed by atoms with Gasteiger partial charge in [-0.1, -0.05) is 6.07 Å². The first-order chi connectivity index (χ1) is 9.02. The van der Waals surface area contributed by atoms with Gasteiger partial charge in [0.15, 0.2) is 5.75 Å². The zero-order valence-electron chi connectivity index (χ0n) is 10.6. The third-order valence-corrected chi connectivity index (χ3v) is 2.67. The summed E-state index contributed by atoms with van der Waals surface area (Å²) in [5, 5.41) is 18.7. The second kappa shape index (κ2) is 4.86. The van der Waals surface area contributed by atoms with Crippen molar-refractivity contribution in [3.63, 3.8) is 0 Å². The number of nitrogen functional groups attached to an aromatic ring is 1. The molecule has 0 atom stereocenters. The van der Waals surface area contributed by atoms with E-state index < -0.39 is 0 Å². The summed E-state index contributed by atoms with van der Waals surface area (Å²) in [5.74, 6) is 0.629. The Hall–Kier alpha value is -2.74. The monoisotopic (exact) mass is 255 g/mol. The highest BCUT2D eigenvalue weighted by Gasteiger charge is 2.12. The molecule has 2 rings (SSSR count). The highest BCUT2D eigenvalue weighted by atomic mass is 16.5. The van der Waals surface area contributed by atoms with Gasteiger partial charge in [-0.05, 0) is 26.0 Å². The summed E-state index contributed by atoms with van der Waals surface area (Å²) in [6, 6.07) is 8.43. The zero-order valence-corrected chi connectivity index (χ0v) is 10.6. The fourth-order valence-electron chi connectivity index (χ4n) is 1.75. The fourth-order valence-corrected chi connectivity index (χ4v) is 1.75. The van der Waals surface area contributed by atoms with Gasteiger partial charge in [0.1, 0.15) is 28.8 Å². The van der Waals surface area contributed by atoms with Crippen molar-refractivity contribution in [1.82, 2.24) is 4.98 Å². The van der Waals surface area contributed by atoms with E-state index >= 15 is 0 Å². The minimum atomic E-state index is -0.0569. The number of phenols is 1. The first kappa shape index (κ1) is 12.7. The van der Waals surface area contributed by atoms with Crippen molar-refractivity contribution in [2.75, 3.05) is 5.73 Å². The number of aryl methyl sites for hydroxylation is 2. The number of benzene rings is 1. The van der Waals surface area contributed by atoms with E-state index in [1.54, 1.807) is 25.1 Å². The Morgan fingerprint density at radius 3 is 2.74 bits per heavy atom. The number of nitrogens with zero attached hydrogens (tertiary/aromatic N) is 2. The zero-order chi connectivity index (χ0) is 14.0. The first-order valence-electron chi connectivity index (χ1n) is 5.66. The minimum absolute atomic E-state index is 0.0569. The largest absolute Gasteiger partial charge is 0.506 e. The number of anilines is 1. The highest BCUT2D eigenvalue weighted by Crippen LogP contribution is 2.35. The molecule has 0 aliphatic carbocycles. The molecule has 96 valence electrons. The Morgan fingerprint density at radius 2 is 2.05 bits per heavy atom.